The van der Waals surface area contributed by atoms with E-state index in [9.17, 15) is 18.8 Å². The lowest BCUT2D eigenvalue weighted by Gasteiger charge is -2.12. The molecule has 7 heteroatoms. The van der Waals surface area contributed by atoms with Gasteiger partial charge in [-0.3, -0.25) is 4.79 Å². The average Bonchev–Trinajstić information content (AvgIpc) is 2.61. The Hall–Kier alpha value is -3.40. The van der Waals surface area contributed by atoms with Gasteiger partial charge in [0.1, 0.15) is 11.6 Å². The monoisotopic (exact) mass is 344 g/mol. The fraction of sp³-hybridized carbons (Fsp3) is 0.111. The molecule has 0 unspecified atom stereocenters. The van der Waals surface area contributed by atoms with Crippen LogP contribution in [0.15, 0.2) is 54.1 Å². The van der Waals surface area contributed by atoms with E-state index >= 15 is 0 Å². The number of ether oxygens (including phenoxy) is 2. The van der Waals surface area contributed by atoms with E-state index in [0.717, 1.165) is 0 Å². The van der Waals surface area contributed by atoms with Crippen LogP contribution in [0.25, 0.3) is 6.08 Å². The molecule has 2 rings (SSSR count). The maximum atomic E-state index is 12.6. The van der Waals surface area contributed by atoms with Crippen LogP contribution in [0.2, 0.25) is 0 Å². The molecular weight excluding hydrogens is 330 g/mol. The summed E-state index contributed by atoms with van der Waals surface area (Å²) in [5.41, 5.74) is 0.360. The fourth-order valence-corrected chi connectivity index (χ4v) is 2.05. The molecule has 0 aromatic heterocycles. The molecule has 5 nitrogen and oxygen atoms in total. The molecule has 0 fully saturated rings. The highest BCUT2D eigenvalue weighted by Gasteiger charge is 2.16. The number of nitriles is 1. The first-order chi connectivity index (χ1) is 12.0. The minimum absolute atomic E-state index is 0.0646. The molecule has 25 heavy (non-hydrogen) atoms. The number of alkyl halides is 2. The van der Waals surface area contributed by atoms with Crippen molar-refractivity contribution in [1.29, 1.82) is 5.26 Å². The molecule has 1 amide bonds. The van der Waals surface area contributed by atoms with Crippen molar-refractivity contribution in [2.45, 2.75) is 6.61 Å². The van der Waals surface area contributed by atoms with Crippen molar-refractivity contribution in [3.05, 3.63) is 59.7 Å². The predicted octanol–water partition coefficient (Wildman–Crippen LogP) is 3.84. The van der Waals surface area contributed by atoms with Crippen LogP contribution in [0, 0.1) is 11.3 Å². The van der Waals surface area contributed by atoms with Crippen molar-refractivity contribution < 1.29 is 23.0 Å². The van der Waals surface area contributed by atoms with Crippen LogP contribution in [0.5, 0.6) is 11.5 Å². The predicted molar refractivity (Wildman–Crippen MR) is 88.3 cm³/mol. The minimum atomic E-state index is -3.08. The summed E-state index contributed by atoms with van der Waals surface area (Å²) in [6, 6.07) is 14.7. The number of hydrogen-bond acceptors (Lipinski definition) is 4. The van der Waals surface area contributed by atoms with Crippen molar-refractivity contribution in [2.75, 3.05) is 12.4 Å². The van der Waals surface area contributed by atoms with Gasteiger partial charge in [0.05, 0.1) is 7.11 Å². The number of amides is 1. The molecule has 0 aliphatic rings. The second-order valence-electron chi connectivity index (χ2n) is 4.75. The molecule has 0 aliphatic heterocycles. The lowest BCUT2D eigenvalue weighted by molar-refractivity contribution is -0.112. The Morgan fingerprint density at radius 2 is 1.92 bits per heavy atom. The van der Waals surface area contributed by atoms with Gasteiger partial charge in [0.15, 0.2) is 11.5 Å². The Morgan fingerprint density at radius 3 is 2.52 bits per heavy atom. The Balaban J connectivity index is 2.36. The molecule has 0 saturated heterocycles. The zero-order valence-corrected chi connectivity index (χ0v) is 13.2. The van der Waals surface area contributed by atoms with Gasteiger partial charge < -0.3 is 14.8 Å². The lowest BCUT2D eigenvalue weighted by Crippen LogP contribution is -2.13. The number of carbonyl (C=O) groups is 1. The first kappa shape index (κ1) is 17.9. The van der Waals surface area contributed by atoms with Crippen molar-refractivity contribution >= 4 is 17.7 Å². The highest BCUT2D eigenvalue weighted by Crippen LogP contribution is 2.33. The molecule has 0 heterocycles. The molecular formula is C18H14F2N2O3. The Kier molecular flexibility index (Phi) is 6.07. The van der Waals surface area contributed by atoms with Crippen molar-refractivity contribution in [1.82, 2.24) is 0 Å². The molecule has 2 aromatic rings. The number of hydrogen-bond donors (Lipinski definition) is 1. The lowest BCUT2D eigenvalue weighted by atomic mass is 10.1. The van der Waals surface area contributed by atoms with Crippen LogP contribution in [0.4, 0.5) is 14.5 Å². The number of carbonyl (C=O) groups excluding carboxylic acids is 1. The third-order valence-electron chi connectivity index (χ3n) is 3.13. The number of rotatable bonds is 6. The highest BCUT2D eigenvalue weighted by atomic mass is 19.3. The molecule has 0 saturated carbocycles. The normalized spacial score (nSPS) is 10.9. The Bertz CT molecular complexity index is 815. The molecule has 128 valence electrons. The van der Waals surface area contributed by atoms with Gasteiger partial charge in [-0.15, -0.1) is 0 Å². The van der Waals surface area contributed by atoms with Gasteiger partial charge in [0.25, 0.3) is 5.91 Å². The van der Waals surface area contributed by atoms with Gasteiger partial charge in [-0.1, -0.05) is 30.3 Å². The molecule has 0 radical (unpaired) electrons. The number of para-hydroxylation sites is 2. The zero-order chi connectivity index (χ0) is 18.2. The van der Waals surface area contributed by atoms with E-state index in [1.54, 1.807) is 36.4 Å². The number of nitrogens with one attached hydrogen (secondary N) is 1. The smallest absolute Gasteiger partial charge is 0.387 e. The van der Waals surface area contributed by atoms with E-state index in [2.05, 4.69) is 10.1 Å². The van der Waals surface area contributed by atoms with Crippen LogP contribution < -0.4 is 14.8 Å². The van der Waals surface area contributed by atoms with Gasteiger partial charge in [-0.2, -0.15) is 14.0 Å². The van der Waals surface area contributed by atoms with Crippen LogP contribution in [-0.2, 0) is 4.79 Å². The summed E-state index contributed by atoms with van der Waals surface area (Å²) in [6.45, 7) is -3.08. The van der Waals surface area contributed by atoms with Crippen LogP contribution in [-0.4, -0.2) is 19.6 Å². The van der Waals surface area contributed by atoms with Crippen molar-refractivity contribution in [3.8, 4) is 17.6 Å². The zero-order valence-electron chi connectivity index (χ0n) is 13.2. The summed E-state index contributed by atoms with van der Waals surface area (Å²) in [5, 5.41) is 11.8. The Morgan fingerprint density at radius 1 is 1.20 bits per heavy atom. The standard InChI is InChI=1S/C18H14F2N2O3/c1-24-15-9-5-6-12(16(15)25-18(19)20)10-13(11-21)17(23)22-14-7-3-2-4-8-14/h2-10,18H,1H3,(H,22,23)/b13-10+. The summed E-state index contributed by atoms with van der Waals surface area (Å²) >= 11 is 0. The summed E-state index contributed by atoms with van der Waals surface area (Å²) in [7, 11) is 1.30. The van der Waals surface area contributed by atoms with Crippen molar-refractivity contribution in [2.24, 2.45) is 0 Å². The SMILES string of the molecule is COc1cccc(/C=C(\C#N)C(=O)Nc2ccccc2)c1OC(F)F. The fourth-order valence-electron chi connectivity index (χ4n) is 2.05. The molecule has 0 bridgehead atoms. The highest BCUT2D eigenvalue weighted by molar-refractivity contribution is 6.09. The van der Waals surface area contributed by atoms with Gasteiger partial charge in [0, 0.05) is 11.3 Å². The quantitative estimate of drug-likeness (QED) is 0.638. The number of nitrogens with zero attached hydrogens (tertiary/aromatic N) is 1. The van der Waals surface area contributed by atoms with Gasteiger partial charge in [0.2, 0.25) is 0 Å². The number of methoxy groups -OCH3 is 1. The van der Waals surface area contributed by atoms with E-state index in [4.69, 9.17) is 4.74 Å². The molecule has 0 spiro atoms. The average molecular weight is 344 g/mol. The topological polar surface area (TPSA) is 71.3 Å². The van der Waals surface area contributed by atoms with E-state index in [1.807, 2.05) is 0 Å². The summed E-state index contributed by atoms with van der Waals surface area (Å²) in [6.07, 6.45) is 1.17. The van der Waals surface area contributed by atoms with Gasteiger partial charge in [-0.25, -0.2) is 0 Å². The van der Waals surface area contributed by atoms with E-state index in [0.29, 0.717) is 5.69 Å². The second kappa shape index (κ2) is 8.45. The molecule has 0 aliphatic carbocycles. The van der Waals surface area contributed by atoms with E-state index in [-0.39, 0.29) is 22.6 Å². The van der Waals surface area contributed by atoms with Gasteiger partial charge in [-0.05, 0) is 24.3 Å². The molecule has 0 atom stereocenters. The second-order valence-corrected chi connectivity index (χ2v) is 4.75. The maximum Gasteiger partial charge on any atom is 0.387 e. The molecule has 1 N–H and O–H groups in total. The summed E-state index contributed by atoms with van der Waals surface area (Å²) in [4.78, 5) is 12.2. The maximum absolute atomic E-state index is 12.6. The first-order valence-corrected chi connectivity index (χ1v) is 7.15. The Labute approximate surface area is 143 Å². The van der Waals surface area contributed by atoms with Crippen LogP contribution in [0.1, 0.15) is 5.56 Å². The van der Waals surface area contributed by atoms with E-state index in [1.165, 1.54) is 31.4 Å². The number of benzene rings is 2. The first-order valence-electron chi connectivity index (χ1n) is 7.15. The number of anilines is 1. The van der Waals surface area contributed by atoms with Crippen molar-refractivity contribution in [3.63, 3.8) is 0 Å². The largest absolute Gasteiger partial charge is 0.493 e. The number of halogens is 2. The van der Waals surface area contributed by atoms with Gasteiger partial charge >= 0.3 is 6.61 Å². The molecule has 2 aromatic carbocycles. The third kappa shape index (κ3) is 4.78. The summed E-state index contributed by atoms with van der Waals surface area (Å²) in [5.74, 6) is -0.852. The van der Waals surface area contributed by atoms with Crippen LogP contribution in [0.3, 0.4) is 0 Å². The minimum Gasteiger partial charge on any atom is -0.493 e. The summed E-state index contributed by atoms with van der Waals surface area (Å²) < 4.78 is 34.7. The van der Waals surface area contributed by atoms with E-state index < -0.39 is 12.5 Å². The third-order valence-corrected chi connectivity index (χ3v) is 3.13. The van der Waals surface area contributed by atoms with Crippen LogP contribution >= 0.6 is 0 Å².